The molecule has 3 rings (SSSR count). The number of sulfone groups is 1. The van der Waals surface area contributed by atoms with E-state index < -0.39 is 9.84 Å². The van der Waals surface area contributed by atoms with Crippen LogP contribution in [0.25, 0.3) is 0 Å². The number of anilines is 2. The Bertz CT molecular complexity index is 782. The van der Waals surface area contributed by atoms with Gasteiger partial charge in [0.15, 0.2) is 9.84 Å². The van der Waals surface area contributed by atoms with E-state index in [0.29, 0.717) is 18.9 Å². The normalized spacial score (nSPS) is 20.9. The Morgan fingerprint density at radius 1 is 1.37 bits per heavy atom. The second-order valence-electron chi connectivity index (χ2n) is 7.87. The molecule has 0 spiro atoms. The Morgan fingerprint density at radius 2 is 2.11 bits per heavy atom. The Kier molecular flexibility index (Phi) is 7.03. The van der Waals surface area contributed by atoms with Gasteiger partial charge in [-0.15, -0.1) is 12.4 Å². The number of nitrogens with zero attached hydrogens (tertiary/aromatic N) is 2. The van der Waals surface area contributed by atoms with E-state index in [4.69, 9.17) is 5.73 Å². The van der Waals surface area contributed by atoms with E-state index in [1.807, 2.05) is 18.2 Å². The van der Waals surface area contributed by atoms with Crippen LogP contribution in [0.5, 0.6) is 0 Å². The van der Waals surface area contributed by atoms with E-state index in [1.54, 1.807) is 4.90 Å². The number of nitrogens with two attached hydrogens (primary N) is 1. The zero-order chi connectivity index (χ0) is 18.9. The second kappa shape index (κ2) is 8.69. The van der Waals surface area contributed by atoms with Crippen molar-refractivity contribution in [2.24, 2.45) is 5.92 Å². The van der Waals surface area contributed by atoms with Gasteiger partial charge in [0, 0.05) is 30.5 Å². The van der Waals surface area contributed by atoms with E-state index in [0.717, 1.165) is 36.3 Å². The molecule has 0 radical (unpaired) electrons. The molecule has 0 aromatic heterocycles. The summed E-state index contributed by atoms with van der Waals surface area (Å²) in [6, 6.07) is 5.65. The van der Waals surface area contributed by atoms with Crippen LogP contribution in [0, 0.1) is 5.92 Å². The van der Waals surface area contributed by atoms with Crippen LogP contribution in [-0.2, 0) is 21.1 Å². The first-order valence-electron chi connectivity index (χ1n) is 9.39. The average molecular weight is 416 g/mol. The van der Waals surface area contributed by atoms with E-state index in [2.05, 4.69) is 18.7 Å². The van der Waals surface area contributed by atoms with Crippen molar-refractivity contribution in [2.75, 3.05) is 41.8 Å². The number of carbonyl (C=O) groups is 1. The summed E-state index contributed by atoms with van der Waals surface area (Å²) in [5, 5.41) is 0. The topological polar surface area (TPSA) is 83.7 Å². The van der Waals surface area contributed by atoms with E-state index in [9.17, 15) is 13.2 Å². The predicted octanol–water partition coefficient (Wildman–Crippen LogP) is 2.11. The fourth-order valence-electron chi connectivity index (χ4n) is 4.02. The minimum atomic E-state index is -3.02. The van der Waals surface area contributed by atoms with Gasteiger partial charge in [0.1, 0.15) is 0 Å². The first kappa shape index (κ1) is 21.8. The molecule has 1 aromatic carbocycles. The maximum atomic E-state index is 13.1. The molecule has 6 nitrogen and oxygen atoms in total. The highest BCUT2D eigenvalue weighted by molar-refractivity contribution is 7.91. The van der Waals surface area contributed by atoms with Crippen molar-refractivity contribution < 1.29 is 13.2 Å². The number of hydrogen-bond donors (Lipinski definition) is 1. The van der Waals surface area contributed by atoms with Crippen LogP contribution >= 0.6 is 12.4 Å². The quantitative estimate of drug-likeness (QED) is 0.744. The SMILES string of the molecule is CC(C)CN(C(=O)CN1CCCc2c(N)cccc21)C1CCS(=O)(=O)C1.Cl. The number of nitrogen functional groups attached to an aromatic ring is 1. The van der Waals surface area contributed by atoms with Gasteiger partial charge in [-0.25, -0.2) is 8.42 Å². The molecule has 1 aromatic rings. The summed E-state index contributed by atoms with van der Waals surface area (Å²) in [6.45, 7) is 5.80. The molecule has 27 heavy (non-hydrogen) atoms. The molecular weight excluding hydrogens is 386 g/mol. The van der Waals surface area contributed by atoms with Gasteiger partial charge in [-0.2, -0.15) is 0 Å². The molecule has 1 amide bonds. The molecule has 0 aliphatic carbocycles. The smallest absolute Gasteiger partial charge is 0.242 e. The lowest BCUT2D eigenvalue weighted by Gasteiger charge is -2.35. The molecule has 2 heterocycles. The largest absolute Gasteiger partial charge is 0.398 e. The van der Waals surface area contributed by atoms with Gasteiger partial charge in [0.2, 0.25) is 5.91 Å². The number of benzene rings is 1. The maximum absolute atomic E-state index is 13.1. The molecule has 1 atom stereocenters. The van der Waals surface area contributed by atoms with Crippen molar-refractivity contribution >= 4 is 39.5 Å². The third-order valence-electron chi connectivity index (χ3n) is 5.24. The van der Waals surface area contributed by atoms with Crippen molar-refractivity contribution in [1.29, 1.82) is 0 Å². The summed E-state index contributed by atoms with van der Waals surface area (Å²) >= 11 is 0. The lowest BCUT2D eigenvalue weighted by molar-refractivity contribution is -0.132. The molecule has 152 valence electrons. The third-order valence-corrected chi connectivity index (χ3v) is 6.99. The highest BCUT2D eigenvalue weighted by Crippen LogP contribution is 2.31. The van der Waals surface area contributed by atoms with Gasteiger partial charge < -0.3 is 15.5 Å². The van der Waals surface area contributed by atoms with Crippen LogP contribution in [0.4, 0.5) is 11.4 Å². The number of carbonyl (C=O) groups excluding carboxylic acids is 1. The minimum absolute atomic E-state index is 0. The number of amides is 1. The second-order valence-corrected chi connectivity index (χ2v) is 10.1. The zero-order valence-electron chi connectivity index (χ0n) is 16.1. The monoisotopic (exact) mass is 415 g/mol. The van der Waals surface area contributed by atoms with Gasteiger partial charge in [0.25, 0.3) is 0 Å². The molecule has 8 heteroatoms. The summed E-state index contributed by atoms with van der Waals surface area (Å²) in [5.74, 6) is 0.583. The highest BCUT2D eigenvalue weighted by atomic mass is 35.5. The Hall–Kier alpha value is -1.47. The summed E-state index contributed by atoms with van der Waals surface area (Å²) < 4.78 is 23.8. The summed E-state index contributed by atoms with van der Waals surface area (Å²) in [7, 11) is -3.02. The fraction of sp³-hybridized carbons (Fsp3) is 0.632. The predicted molar refractivity (Wildman–Crippen MR) is 112 cm³/mol. The summed E-state index contributed by atoms with van der Waals surface area (Å²) in [6.07, 6.45) is 2.45. The standard InChI is InChI=1S/C19H29N3O3S.ClH/c1-14(2)11-22(15-8-10-26(24,25)13-15)19(23)12-21-9-4-5-16-17(20)6-3-7-18(16)21;/h3,6-7,14-15H,4-5,8-13,20H2,1-2H3;1H. The molecule has 1 unspecified atom stereocenters. The molecule has 2 aliphatic heterocycles. The molecule has 0 bridgehead atoms. The Balaban J connectivity index is 0.00000261. The first-order chi connectivity index (χ1) is 12.3. The summed E-state index contributed by atoms with van der Waals surface area (Å²) in [5.41, 5.74) is 9.03. The molecular formula is C19H30ClN3O3S. The number of hydrogen-bond acceptors (Lipinski definition) is 5. The highest BCUT2D eigenvalue weighted by Gasteiger charge is 2.35. The van der Waals surface area contributed by atoms with Gasteiger partial charge in [-0.1, -0.05) is 19.9 Å². The third kappa shape index (κ3) is 5.08. The van der Waals surface area contributed by atoms with Crippen molar-refractivity contribution in [3.05, 3.63) is 23.8 Å². The molecule has 0 saturated carbocycles. The zero-order valence-corrected chi connectivity index (χ0v) is 17.7. The van der Waals surface area contributed by atoms with E-state index in [1.165, 1.54) is 0 Å². The van der Waals surface area contributed by atoms with Crippen LogP contribution in [0.3, 0.4) is 0 Å². The fourth-order valence-corrected chi connectivity index (χ4v) is 5.75. The molecule has 2 N–H and O–H groups in total. The van der Waals surface area contributed by atoms with Crippen molar-refractivity contribution in [2.45, 2.75) is 39.2 Å². The maximum Gasteiger partial charge on any atom is 0.242 e. The lowest BCUT2D eigenvalue weighted by Crippen LogP contribution is -2.48. The molecule has 1 saturated heterocycles. The number of fused-ring (bicyclic) bond motifs is 1. The average Bonchev–Trinajstić information content (AvgIpc) is 2.93. The van der Waals surface area contributed by atoms with Gasteiger partial charge in [-0.3, -0.25) is 4.79 Å². The van der Waals surface area contributed by atoms with Crippen LogP contribution in [0.15, 0.2) is 18.2 Å². The Labute approximate surface area is 168 Å². The number of halogens is 1. The van der Waals surface area contributed by atoms with Gasteiger partial charge >= 0.3 is 0 Å². The van der Waals surface area contributed by atoms with Crippen LogP contribution < -0.4 is 10.6 Å². The molecule has 2 aliphatic rings. The lowest BCUT2D eigenvalue weighted by atomic mass is 10.00. The first-order valence-corrected chi connectivity index (χ1v) is 11.2. The molecule has 1 fully saturated rings. The van der Waals surface area contributed by atoms with Gasteiger partial charge in [-0.05, 0) is 42.9 Å². The van der Waals surface area contributed by atoms with Gasteiger partial charge in [0.05, 0.1) is 18.1 Å². The van der Waals surface area contributed by atoms with Crippen LogP contribution in [-0.4, -0.2) is 56.4 Å². The van der Waals surface area contributed by atoms with Crippen molar-refractivity contribution in [1.82, 2.24) is 4.90 Å². The Morgan fingerprint density at radius 3 is 2.74 bits per heavy atom. The van der Waals surface area contributed by atoms with E-state index >= 15 is 0 Å². The van der Waals surface area contributed by atoms with Crippen molar-refractivity contribution in [3.63, 3.8) is 0 Å². The van der Waals surface area contributed by atoms with Crippen molar-refractivity contribution in [3.8, 4) is 0 Å². The summed E-state index contributed by atoms with van der Waals surface area (Å²) in [4.78, 5) is 17.0. The van der Waals surface area contributed by atoms with E-state index in [-0.39, 0.29) is 42.4 Å². The minimum Gasteiger partial charge on any atom is -0.398 e. The van der Waals surface area contributed by atoms with Crippen LogP contribution in [0.1, 0.15) is 32.3 Å². The van der Waals surface area contributed by atoms with Crippen LogP contribution in [0.2, 0.25) is 0 Å². The number of rotatable bonds is 5.